The summed E-state index contributed by atoms with van der Waals surface area (Å²) in [6, 6.07) is 12.1. The molecule has 1 saturated carbocycles. The van der Waals surface area contributed by atoms with E-state index >= 15 is 0 Å². The van der Waals surface area contributed by atoms with E-state index in [2.05, 4.69) is 5.32 Å². The number of benzene rings is 2. The first kappa shape index (κ1) is 29.1. The predicted molar refractivity (Wildman–Crippen MR) is 153 cm³/mol. The molecule has 2 aromatic rings. The van der Waals surface area contributed by atoms with Gasteiger partial charge in [-0.3, -0.25) is 9.59 Å². The van der Waals surface area contributed by atoms with Crippen LogP contribution in [0.5, 0.6) is 11.5 Å². The van der Waals surface area contributed by atoms with Crippen molar-refractivity contribution in [2.45, 2.75) is 81.8 Å². The third-order valence-corrected chi connectivity index (χ3v) is 8.52. The van der Waals surface area contributed by atoms with Gasteiger partial charge in [0.15, 0.2) is 11.5 Å². The maximum absolute atomic E-state index is 14.1. The Morgan fingerprint density at radius 2 is 1.78 bits per heavy atom. The Labute approximate surface area is 240 Å². The third kappa shape index (κ3) is 5.98. The zero-order valence-electron chi connectivity index (χ0n) is 23.5. The minimum absolute atomic E-state index is 0.0633. The van der Waals surface area contributed by atoms with Crippen molar-refractivity contribution in [2.24, 2.45) is 0 Å². The maximum atomic E-state index is 14.1. The highest BCUT2D eigenvalue weighted by atomic mass is 16.5. The Balaban J connectivity index is 1.59. The van der Waals surface area contributed by atoms with Gasteiger partial charge in [0.1, 0.15) is 12.2 Å². The summed E-state index contributed by atoms with van der Waals surface area (Å²) in [4.78, 5) is 29.5. The van der Waals surface area contributed by atoms with Crippen molar-refractivity contribution in [1.29, 1.82) is 0 Å². The lowest BCUT2D eigenvalue weighted by Crippen LogP contribution is -2.58. The van der Waals surface area contributed by atoms with Gasteiger partial charge in [-0.25, -0.2) is 0 Å². The molecule has 4 atom stereocenters. The Morgan fingerprint density at radius 3 is 2.44 bits per heavy atom. The molecule has 4 N–H and O–H groups in total. The van der Waals surface area contributed by atoms with Crippen molar-refractivity contribution in [3.63, 3.8) is 0 Å². The first-order valence-electron chi connectivity index (χ1n) is 14.6. The number of rotatable bonds is 9. The van der Waals surface area contributed by atoms with Gasteiger partial charge in [-0.15, -0.1) is 0 Å². The quantitative estimate of drug-likeness (QED) is 0.345. The topological polar surface area (TPSA) is 129 Å². The molecule has 0 spiro atoms. The smallest absolute Gasteiger partial charge is 0.247 e. The van der Waals surface area contributed by atoms with Crippen molar-refractivity contribution in [3.8, 4) is 11.5 Å². The molecule has 2 aromatic carbocycles. The highest BCUT2D eigenvalue weighted by molar-refractivity contribution is 5.96. The summed E-state index contributed by atoms with van der Waals surface area (Å²) in [5.74, 6) is -0.326. The van der Waals surface area contributed by atoms with E-state index in [0.29, 0.717) is 28.2 Å². The average Bonchev–Trinajstić information content (AvgIpc) is 3.17. The fraction of sp³-hybridized carbons (Fsp3) is 0.500. The van der Waals surface area contributed by atoms with Gasteiger partial charge < -0.3 is 35.0 Å². The van der Waals surface area contributed by atoms with Crippen LogP contribution in [-0.2, 0) is 22.6 Å². The lowest BCUT2D eigenvalue weighted by molar-refractivity contribution is -0.140. The van der Waals surface area contributed by atoms with E-state index in [-0.39, 0.29) is 38.1 Å². The summed E-state index contributed by atoms with van der Waals surface area (Å²) in [7, 11) is 1.50. The molecule has 0 aromatic heterocycles. The van der Waals surface area contributed by atoms with Gasteiger partial charge in [-0.2, -0.15) is 0 Å². The molecule has 5 rings (SSSR count). The molecule has 0 radical (unpaired) electrons. The summed E-state index contributed by atoms with van der Waals surface area (Å²) >= 11 is 0. The molecule has 4 unspecified atom stereocenters. The number of hydrogen-bond acceptors (Lipinski definition) is 7. The predicted octanol–water partition coefficient (Wildman–Crippen LogP) is 2.60. The molecule has 1 heterocycles. The summed E-state index contributed by atoms with van der Waals surface area (Å²) in [5, 5.41) is 34.0. The SMILES string of the molecule is COc1cc(CO)cc2c1OC1C2C(C(=O)NCCO)=CC(N(C(=O)Cc2ccccc2)C2CCCCCC2)C1O. The van der Waals surface area contributed by atoms with Crippen molar-refractivity contribution in [3.05, 3.63) is 70.8 Å². The molecule has 9 heteroatoms. The molecular weight excluding hydrogens is 524 g/mol. The number of aliphatic hydroxyl groups excluding tert-OH is 3. The number of carbonyl (C=O) groups excluding carboxylic acids is 2. The highest BCUT2D eigenvalue weighted by Crippen LogP contribution is 2.51. The molecule has 1 fully saturated rings. The van der Waals surface area contributed by atoms with Gasteiger partial charge in [-0.05, 0) is 42.2 Å². The minimum atomic E-state index is -1.12. The van der Waals surface area contributed by atoms with E-state index in [1.54, 1.807) is 23.1 Å². The third-order valence-electron chi connectivity index (χ3n) is 8.52. The van der Waals surface area contributed by atoms with E-state index in [4.69, 9.17) is 9.47 Å². The van der Waals surface area contributed by atoms with Gasteiger partial charge in [0.05, 0.1) is 38.7 Å². The molecule has 0 bridgehead atoms. The summed E-state index contributed by atoms with van der Waals surface area (Å²) in [6.45, 7) is -0.391. The maximum Gasteiger partial charge on any atom is 0.247 e. The van der Waals surface area contributed by atoms with Crippen molar-refractivity contribution < 1.29 is 34.4 Å². The zero-order chi connectivity index (χ0) is 28.9. The highest BCUT2D eigenvalue weighted by Gasteiger charge is 2.52. The van der Waals surface area contributed by atoms with Crippen LogP contribution < -0.4 is 14.8 Å². The summed E-state index contributed by atoms with van der Waals surface area (Å²) < 4.78 is 11.9. The van der Waals surface area contributed by atoms with Crippen LogP contribution >= 0.6 is 0 Å². The summed E-state index contributed by atoms with van der Waals surface area (Å²) in [5.41, 5.74) is 2.48. The number of aliphatic hydroxyl groups is 3. The standard InChI is InChI=1S/C32H40N2O7/c1-40-26-16-21(19-36)15-23-28-24(32(39)33-13-14-35)18-25(29(38)31(28)41-30(23)26)34(22-11-7-2-3-8-12-22)27(37)17-20-9-5-4-6-10-20/h4-6,9-10,15-16,18,22,25,28-29,31,35-36,38H,2-3,7-8,11-14,17,19H2,1H3,(H,33,39). The van der Waals surface area contributed by atoms with Crippen LogP contribution in [0.2, 0.25) is 0 Å². The first-order valence-corrected chi connectivity index (χ1v) is 14.6. The summed E-state index contributed by atoms with van der Waals surface area (Å²) in [6.07, 6.45) is 5.78. The van der Waals surface area contributed by atoms with E-state index in [1.165, 1.54) is 7.11 Å². The second-order valence-corrected chi connectivity index (χ2v) is 11.1. The second kappa shape index (κ2) is 13.1. The van der Waals surface area contributed by atoms with Crippen LogP contribution in [0, 0.1) is 0 Å². The van der Waals surface area contributed by atoms with Crippen LogP contribution in [-0.4, -0.2) is 76.6 Å². The van der Waals surface area contributed by atoms with Crippen molar-refractivity contribution in [2.75, 3.05) is 20.3 Å². The number of amides is 2. The molecule has 9 nitrogen and oxygen atoms in total. The van der Waals surface area contributed by atoms with E-state index in [9.17, 15) is 24.9 Å². The molecule has 220 valence electrons. The molecule has 2 aliphatic carbocycles. The molecule has 0 saturated heterocycles. The Morgan fingerprint density at radius 1 is 1.05 bits per heavy atom. The van der Waals surface area contributed by atoms with E-state index in [1.807, 2.05) is 30.3 Å². The van der Waals surface area contributed by atoms with Crippen molar-refractivity contribution in [1.82, 2.24) is 10.2 Å². The number of carbonyl (C=O) groups is 2. The number of nitrogens with zero attached hydrogens (tertiary/aromatic N) is 1. The number of nitrogens with one attached hydrogen (secondary N) is 1. The molecule has 41 heavy (non-hydrogen) atoms. The number of fused-ring (bicyclic) bond motifs is 3. The van der Waals surface area contributed by atoms with E-state index < -0.39 is 30.1 Å². The molecule has 2 amide bonds. The lowest BCUT2D eigenvalue weighted by atomic mass is 9.76. The van der Waals surface area contributed by atoms with Gasteiger partial charge in [0, 0.05) is 23.7 Å². The fourth-order valence-corrected chi connectivity index (χ4v) is 6.60. The van der Waals surface area contributed by atoms with Gasteiger partial charge in [-0.1, -0.05) is 56.0 Å². The molecular formula is C32H40N2O7. The van der Waals surface area contributed by atoms with E-state index in [0.717, 1.165) is 44.1 Å². The Kier molecular flexibility index (Phi) is 9.27. The van der Waals surface area contributed by atoms with Crippen LogP contribution in [0.25, 0.3) is 0 Å². The van der Waals surface area contributed by atoms with Crippen LogP contribution in [0.15, 0.2) is 54.1 Å². The van der Waals surface area contributed by atoms with Gasteiger partial charge >= 0.3 is 0 Å². The fourth-order valence-electron chi connectivity index (χ4n) is 6.60. The lowest BCUT2D eigenvalue weighted by Gasteiger charge is -2.44. The second-order valence-electron chi connectivity index (χ2n) is 11.1. The number of ether oxygens (including phenoxy) is 2. The average molecular weight is 565 g/mol. The number of hydrogen-bond donors (Lipinski definition) is 4. The molecule has 3 aliphatic rings. The van der Waals surface area contributed by atoms with Crippen molar-refractivity contribution >= 4 is 11.8 Å². The van der Waals surface area contributed by atoms with Crippen LogP contribution in [0.1, 0.15) is 61.1 Å². The first-order chi connectivity index (χ1) is 20.0. The van der Waals surface area contributed by atoms with Gasteiger partial charge in [0.25, 0.3) is 0 Å². The normalized spacial score (nSPS) is 23.9. The Hall–Kier alpha value is -3.40. The van der Waals surface area contributed by atoms with Crippen LogP contribution in [0.3, 0.4) is 0 Å². The molecule has 1 aliphatic heterocycles. The number of methoxy groups -OCH3 is 1. The van der Waals surface area contributed by atoms with Gasteiger partial charge in [0.2, 0.25) is 11.8 Å². The minimum Gasteiger partial charge on any atom is -0.493 e. The largest absolute Gasteiger partial charge is 0.493 e. The zero-order valence-corrected chi connectivity index (χ0v) is 23.5. The van der Waals surface area contributed by atoms with Crippen LogP contribution in [0.4, 0.5) is 0 Å². The monoisotopic (exact) mass is 564 g/mol. The Bertz CT molecular complexity index is 1260.